The molecule has 2 aromatic rings. The third-order valence-electron chi connectivity index (χ3n) is 3.24. The smallest absolute Gasteiger partial charge is 0.319 e. The predicted octanol–water partition coefficient (Wildman–Crippen LogP) is 3.54. The highest BCUT2D eigenvalue weighted by Crippen LogP contribution is 2.14. The van der Waals surface area contributed by atoms with Gasteiger partial charge in [0.2, 0.25) is 5.91 Å². The van der Waals surface area contributed by atoms with E-state index >= 15 is 0 Å². The molecule has 0 heterocycles. The van der Waals surface area contributed by atoms with E-state index in [1.807, 2.05) is 0 Å². The van der Waals surface area contributed by atoms with Gasteiger partial charge in [-0.15, -0.1) is 6.58 Å². The molecule has 2 aromatic carbocycles. The molecular formula is C19H20FN3O3. The molecule has 0 saturated heterocycles. The van der Waals surface area contributed by atoms with E-state index < -0.39 is 0 Å². The number of ether oxygens (including phenoxy) is 1. The van der Waals surface area contributed by atoms with E-state index in [1.54, 1.807) is 30.3 Å². The lowest BCUT2D eigenvalue weighted by Gasteiger charge is -2.09. The van der Waals surface area contributed by atoms with E-state index in [0.29, 0.717) is 23.7 Å². The highest BCUT2D eigenvalue weighted by Gasteiger charge is 2.05. The maximum atomic E-state index is 12.8. The zero-order valence-electron chi connectivity index (χ0n) is 14.1. The lowest BCUT2D eigenvalue weighted by Crippen LogP contribution is -2.28. The molecule has 0 aliphatic rings. The number of benzene rings is 2. The summed E-state index contributed by atoms with van der Waals surface area (Å²) in [6, 6.07) is 12.0. The molecule has 0 spiro atoms. The van der Waals surface area contributed by atoms with Crippen molar-refractivity contribution in [2.75, 3.05) is 23.8 Å². The Morgan fingerprint density at radius 1 is 1.00 bits per heavy atom. The fourth-order valence-corrected chi connectivity index (χ4v) is 1.99. The van der Waals surface area contributed by atoms with E-state index in [-0.39, 0.29) is 30.8 Å². The number of hydrogen-bond acceptors (Lipinski definition) is 3. The highest BCUT2D eigenvalue weighted by atomic mass is 19.1. The Labute approximate surface area is 151 Å². The maximum Gasteiger partial charge on any atom is 0.319 e. The minimum Gasteiger partial charge on any atom is -0.493 e. The van der Waals surface area contributed by atoms with Crippen molar-refractivity contribution in [3.05, 3.63) is 67.0 Å². The lowest BCUT2D eigenvalue weighted by atomic mass is 10.2. The van der Waals surface area contributed by atoms with Gasteiger partial charge in [-0.1, -0.05) is 6.08 Å². The summed E-state index contributed by atoms with van der Waals surface area (Å²) in [4.78, 5) is 23.4. The molecule has 0 aromatic heterocycles. The zero-order valence-corrected chi connectivity index (χ0v) is 14.1. The number of amides is 3. The standard InChI is InChI=1S/C19H20FN3O3/c1-2-12-21-19(25)23-16-7-5-15(6-8-16)22-18(24)11-13-26-17-9-3-14(20)4-10-17/h2-10H,1,11-13H2,(H,22,24)(H2,21,23,25). The highest BCUT2D eigenvalue weighted by molar-refractivity contribution is 5.92. The van der Waals surface area contributed by atoms with Gasteiger partial charge in [0.25, 0.3) is 0 Å². The Balaban J connectivity index is 1.73. The van der Waals surface area contributed by atoms with Crippen LogP contribution in [0, 0.1) is 5.82 Å². The minimum absolute atomic E-state index is 0.154. The number of hydrogen-bond donors (Lipinski definition) is 3. The van der Waals surface area contributed by atoms with Gasteiger partial charge < -0.3 is 20.7 Å². The fourth-order valence-electron chi connectivity index (χ4n) is 1.99. The molecule has 0 radical (unpaired) electrons. The van der Waals surface area contributed by atoms with Gasteiger partial charge in [0.15, 0.2) is 0 Å². The van der Waals surface area contributed by atoms with Crippen LogP contribution in [0.4, 0.5) is 20.6 Å². The van der Waals surface area contributed by atoms with E-state index in [4.69, 9.17) is 4.74 Å². The van der Waals surface area contributed by atoms with Crippen LogP contribution < -0.4 is 20.7 Å². The number of carbonyl (C=O) groups excluding carboxylic acids is 2. The van der Waals surface area contributed by atoms with Gasteiger partial charge in [-0.2, -0.15) is 0 Å². The monoisotopic (exact) mass is 357 g/mol. The summed E-state index contributed by atoms with van der Waals surface area (Å²) in [6.07, 6.45) is 1.74. The SMILES string of the molecule is C=CCNC(=O)Nc1ccc(NC(=O)CCOc2ccc(F)cc2)cc1. The molecule has 0 fully saturated rings. The first-order valence-corrected chi connectivity index (χ1v) is 8.01. The third kappa shape index (κ3) is 6.64. The molecule has 3 N–H and O–H groups in total. The molecule has 0 unspecified atom stereocenters. The summed E-state index contributed by atoms with van der Waals surface area (Å²) in [6.45, 7) is 4.07. The summed E-state index contributed by atoms with van der Waals surface area (Å²) in [5.74, 6) is -0.0490. The number of nitrogens with one attached hydrogen (secondary N) is 3. The van der Waals surface area contributed by atoms with Crippen molar-refractivity contribution in [2.45, 2.75) is 6.42 Å². The van der Waals surface area contributed by atoms with Crippen molar-refractivity contribution < 1.29 is 18.7 Å². The molecule has 6 nitrogen and oxygen atoms in total. The van der Waals surface area contributed by atoms with Crippen molar-refractivity contribution in [2.24, 2.45) is 0 Å². The Morgan fingerprint density at radius 2 is 1.62 bits per heavy atom. The molecule has 0 atom stereocenters. The van der Waals surface area contributed by atoms with Crippen LogP contribution in [0.1, 0.15) is 6.42 Å². The summed E-state index contributed by atoms with van der Waals surface area (Å²) >= 11 is 0. The fraction of sp³-hybridized carbons (Fsp3) is 0.158. The van der Waals surface area contributed by atoms with E-state index in [9.17, 15) is 14.0 Å². The second-order valence-electron chi connectivity index (χ2n) is 5.30. The number of urea groups is 1. The first-order valence-electron chi connectivity index (χ1n) is 8.01. The topological polar surface area (TPSA) is 79.5 Å². The van der Waals surface area contributed by atoms with Crippen LogP contribution in [0.5, 0.6) is 5.75 Å². The van der Waals surface area contributed by atoms with Crippen LogP contribution in [-0.2, 0) is 4.79 Å². The van der Waals surface area contributed by atoms with Crippen LogP contribution in [0.15, 0.2) is 61.2 Å². The van der Waals surface area contributed by atoms with Crippen LogP contribution in [0.3, 0.4) is 0 Å². The summed E-state index contributed by atoms with van der Waals surface area (Å²) in [5, 5.41) is 7.98. The normalized spacial score (nSPS) is 9.88. The van der Waals surface area contributed by atoms with Crippen molar-refractivity contribution >= 4 is 23.3 Å². The minimum atomic E-state index is -0.341. The zero-order chi connectivity index (χ0) is 18.8. The van der Waals surface area contributed by atoms with E-state index in [1.165, 1.54) is 24.3 Å². The number of halogens is 1. The molecular weight excluding hydrogens is 337 g/mol. The number of anilines is 2. The second kappa shape index (κ2) is 9.83. The lowest BCUT2D eigenvalue weighted by molar-refractivity contribution is -0.116. The Bertz CT molecular complexity index is 746. The first-order chi connectivity index (χ1) is 12.6. The maximum absolute atomic E-state index is 12.8. The van der Waals surface area contributed by atoms with E-state index in [0.717, 1.165) is 0 Å². The molecule has 0 aliphatic carbocycles. The predicted molar refractivity (Wildman–Crippen MR) is 98.8 cm³/mol. The van der Waals surface area contributed by atoms with Gasteiger partial charge in [-0.05, 0) is 48.5 Å². The molecule has 136 valence electrons. The summed E-state index contributed by atoms with van der Waals surface area (Å²) < 4.78 is 18.2. The van der Waals surface area contributed by atoms with Crippen LogP contribution in [-0.4, -0.2) is 25.1 Å². The molecule has 0 saturated carbocycles. The van der Waals surface area contributed by atoms with Crippen molar-refractivity contribution in [3.8, 4) is 5.75 Å². The van der Waals surface area contributed by atoms with Crippen LogP contribution in [0.2, 0.25) is 0 Å². The Hall–Kier alpha value is -3.35. The molecule has 0 aliphatic heterocycles. The van der Waals surface area contributed by atoms with Crippen LogP contribution in [0.25, 0.3) is 0 Å². The Kier molecular flexibility index (Phi) is 7.17. The van der Waals surface area contributed by atoms with Crippen molar-refractivity contribution in [1.29, 1.82) is 0 Å². The average molecular weight is 357 g/mol. The molecule has 0 bridgehead atoms. The molecule has 3 amide bonds. The number of carbonyl (C=O) groups is 2. The quantitative estimate of drug-likeness (QED) is 0.632. The molecule has 2 rings (SSSR count). The van der Waals surface area contributed by atoms with Gasteiger partial charge in [0, 0.05) is 17.9 Å². The largest absolute Gasteiger partial charge is 0.493 e. The third-order valence-corrected chi connectivity index (χ3v) is 3.24. The van der Waals surface area contributed by atoms with Gasteiger partial charge in [-0.3, -0.25) is 4.79 Å². The first kappa shape index (κ1) is 19.0. The van der Waals surface area contributed by atoms with E-state index in [2.05, 4.69) is 22.5 Å². The van der Waals surface area contributed by atoms with Crippen molar-refractivity contribution in [1.82, 2.24) is 5.32 Å². The molecule has 7 heteroatoms. The van der Waals surface area contributed by atoms with Crippen molar-refractivity contribution in [3.63, 3.8) is 0 Å². The van der Waals surface area contributed by atoms with Gasteiger partial charge in [-0.25, -0.2) is 9.18 Å². The van der Waals surface area contributed by atoms with Crippen LogP contribution >= 0.6 is 0 Å². The molecule has 26 heavy (non-hydrogen) atoms. The van der Waals surface area contributed by atoms with Gasteiger partial charge in [0.1, 0.15) is 11.6 Å². The summed E-state index contributed by atoms with van der Waals surface area (Å²) in [5.41, 5.74) is 1.21. The second-order valence-corrected chi connectivity index (χ2v) is 5.30. The van der Waals surface area contributed by atoms with Gasteiger partial charge >= 0.3 is 6.03 Å². The Morgan fingerprint density at radius 3 is 2.23 bits per heavy atom. The average Bonchev–Trinajstić information content (AvgIpc) is 2.63. The van der Waals surface area contributed by atoms with Gasteiger partial charge in [0.05, 0.1) is 13.0 Å². The summed E-state index contributed by atoms with van der Waals surface area (Å²) in [7, 11) is 0. The number of rotatable bonds is 8.